The summed E-state index contributed by atoms with van der Waals surface area (Å²) in [5.41, 5.74) is -0.116. The Labute approximate surface area is 162 Å². The van der Waals surface area contributed by atoms with Crippen LogP contribution < -0.4 is 4.74 Å². The number of carbonyl (C=O) groups is 2. The maximum absolute atomic E-state index is 13.9. The van der Waals surface area contributed by atoms with E-state index in [0.29, 0.717) is 32.8 Å². The topological polar surface area (TPSA) is 49.9 Å². The van der Waals surface area contributed by atoms with Gasteiger partial charge in [0, 0.05) is 26.2 Å². The normalized spacial score (nSPS) is 14.1. The molecule has 3 rings (SSSR count). The molecule has 0 N–H and O–H groups in total. The van der Waals surface area contributed by atoms with Crippen molar-refractivity contribution in [2.24, 2.45) is 0 Å². The molecule has 0 unspecified atom stereocenters. The van der Waals surface area contributed by atoms with E-state index in [9.17, 15) is 14.0 Å². The molecule has 2 aromatic carbocycles. The second kappa shape index (κ2) is 8.86. The average Bonchev–Trinajstić information content (AvgIpc) is 2.68. The molecule has 0 spiro atoms. The highest BCUT2D eigenvalue weighted by atomic mass is 35.5. The van der Waals surface area contributed by atoms with Crippen molar-refractivity contribution in [2.45, 2.75) is 6.42 Å². The highest BCUT2D eigenvalue weighted by molar-refractivity contribution is 6.33. The van der Waals surface area contributed by atoms with Gasteiger partial charge in [0.15, 0.2) is 0 Å². The van der Waals surface area contributed by atoms with E-state index < -0.39 is 11.7 Å². The van der Waals surface area contributed by atoms with Crippen molar-refractivity contribution in [1.29, 1.82) is 0 Å². The number of halogens is 2. The first-order valence-electron chi connectivity index (χ1n) is 8.75. The van der Waals surface area contributed by atoms with Crippen LogP contribution in [0.15, 0.2) is 48.5 Å². The van der Waals surface area contributed by atoms with Crippen LogP contribution in [0.2, 0.25) is 5.02 Å². The van der Waals surface area contributed by atoms with Crippen molar-refractivity contribution in [3.8, 4) is 5.75 Å². The lowest BCUT2D eigenvalue weighted by molar-refractivity contribution is -0.133. The minimum Gasteiger partial charge on any atom is -0.493 e. The van der Waals surface area contributed by atoms with Gasteiger partial charge in [-0.3, -0.25) is 9.59 Å². The van der Waals surface area contributed by atoms with Crippen LogP contribution in [0.25, 0.3) is 0 Å². The van der Waals surface area contributed by atoms with E-state index in [1.165, 1.54) is 23.1 Å². The molecule has 1 aliphatic heterocycles. The summed E-state index contributed by atoms with van der Waals surface area (Å²) >= 11 is 5.96. The van der Waals surface area contributed by atoms with Gasteiger partial charge in [-0.25, -0.2) is 4.39 Å². The van der Waals surface area contributed by atoms with Crippen molar-refractivity contribution in [3.63, 3.8) is 0 Å². The van der Waals surface area contributed by atoms with Gasteiger partial charge in [0.1, 0.15) is 11.6 Å². The first-order chi connectivity index (χ1) is 13.1. The largest absolute Gasteiger partial charge is 0.493 e. The van der Waals surface area contributed by atoms with E-state index in [4.69, 9.17) is 16.3 Å². The summed E-state index contributed by atoms with van der Waals surface area (Å²) in [5, 5.41) is 0.0940. The van der Waals surface area contributed by atoms with Crippen LogP contribution in [-0.4, -0.2) is 54.4 Å². The maximum atomic E-state index is 13.9. The molecule has 0 aromatic heterocycles. The van der Waals surface area contributed by atoms with E-state index >= 15 is 0 Å². The molecule has 7 heteroatoms. The number of ether oxygens (including phenoxy) is 1. The smallest absolute Gasteiger partial charge is 0.258 e. The Kier molecular flexibility index (Phi) is 6.29. The first kappa shape index (κ1) is 19.2. The molecule has 142 valence electrons. The van der Waals surface area contributed by atoms with E-state index in [1.807, 2.05) is 30.3 Å². The van der Waals surface area contributed by atoms with Gasteiger partial charge in [-0.1, -0.05) is 35.9 Å². The van der Waals surface area contributed by atoms with Gasteiger partial charge in [-0.15, -0.1) is 0 Å². The van der Waals surface area contributed by atoms with Crippen LogP contribution in [0.3, 0.4) is 0 Å². The molecule has 0 radical (unpaired) electrons. The molecular weight excluding hydrogens is 371 g/mol. The summed E-state index contributed by atoms with van der Waals surface area (Å²) in [4.78, 5) is 28.0. The molecule has 1 saturated heterocycles. The van der Waals surface area contributed by atoms with Crippen LogP contribution in [-0.2, 0) is 4.79 Å². The Hall–Kier alpha value is -2.60. The van der Waals surface area contributed by atoms with Gasteiger partial charge < -0.3 is 14.5 Å². The molecule has 0 atom stereocenters. The summed E-state index contributed by atoms with van der Waals surface area (Å²) in [6.45, 7) is 1.79. The summed E-state index contributed by atoms with van der Waals surface area (Å²) in [6, 6.07) is 13.5. The van der Waals surface area contributed by atoms with Gasteiger partial charge in [0.2, 0.25) is 5.91 Å². The van der Waals surface area contributed by atoms with Crippen LogP contribution >= 0.6 is 11.6 Å². The zero-order chi connectivity index (χ0) is 19.2. The molecule has 0 bridgehead atoms. The van der Waals surface area contributed by atoms with Gasteiger partial charge in [0.25, 0.3) is 5.91 Å². The lowest BCUT2D eigenvalue weighted by Crippen LogP contribution is -2.51. The minimum absolute atomic E-state index is 0.0260. The van der Waals surface area contributed by atoms with Gasteiger partial charge in [0.05, 0.1) is 23.6 Å². The van der Waals surface area contributed by atoms with Crippen LogP contribution in [0, 0.1) is 5.82 Å². The number of para-hydroxylation sites is 1. The Morgan fingerprint density at radius 3 is 2.30 bits per heavy atom. The molecule has 27 heavy (non-hydrogen) atoms. The number of amides is 2. The third-order valence-corrected chi connectivity index (χ3v) is 4.74. The Balaban J connectivity index is 1.48. The van der Waals surface area contributed by atoms with Crippen molar-refractivity contribution in [1.82, 2.24) is 9.80 Å². The average molecular weight is 391 g/mol. The van der Waals surface area contributed by atoms with Gasteiger partial charge in [-0.05, 0) is 24.3 Å². The molecule has 1 aliphatic rings. The Morgan fingerprint density at radius 1 is 0.963 bits per heavy atom. The second-order valence-electron chi connectivity index (χ2n) is 6.18. The van der Waals surface area contributed by atoms with Crippen molar-refractivity contribution >= 4 is 23.4 Å². The number of hydrogen-bond donors (Lipinski definition) is 0. The predicted octanol–water partition coefficient (Wildman–Crippen LogP) is 3.23. The summed E-state index contributed by atoms with van der Waals surface area (Å²) in [5.74, 6) is -0.383. The molecule has 2 aromatic rings. The predicted molar refractivity (Wildman–Crippen MR) is 100 cm³/mol. The Bertz CT molecular complexity index is 788. The van der Waals surface area contributed by atoms with E-state index in [0.717, 1.165) is 5.75 Å². The van der Waals surface area contributed by atoms with E-state index in [2.05, 4.69) is 0 Å². The zero-order valence-electron chi connectivity index (χ0n) is 14.7. The minimum atomic E-state index is -0.635. The fraction of sp³-hybridized carbons (Fsp3) is 0.300. The number of piperazine rings is 1. The molecule has 1 fully saturated rings. The third-order valence-electron chi connectivity index (χ3n) is 4.42. The number of nitrogens with zero attached hydrogens (tertiary/aromatic N) is 2. The molecule has 1 heterocycles. The van der Waals surface area contributed by atoms with Crippen LogP contribution in [0.5, 0.6) is 5.75 Å². The molecule has 2 amide bonds. The quantitative estimate of drug-likeness (QED) is 0.787. The summed E-state index contributed by atoms with van der Waals surface area (Å²) in [7, 11) is 0. The van der Waals surface area contributed by atoms with E-state index in [-0.39, 0.29) is 22.9 Å². The fourth-order valence-electron chi connectivity index (χ4n) is 2.95. The number of rotatable bonds is 5. The zero-order valence-corrected chi connectivity index (χ0v) is 15.5. The standard InChI is InChI=1S/C20H20ClFN2O3/c21-16-7-4-8-17(22)19(16)20(26)24-12-10-23(11-13-24)18(25)9-14-27-15-5-2-1-3-6-15/h1-8H,9-14H2. The van der Waals surface area contributed by atoms with Crippen LogP contribution in [0.1, 0.15) is 16.8 Å². The number of carbonyl (C=O) groups excluding carboxylic acids is 2. The summed E-state index contributed by atoms with van der Waals surface area (Å²) < 4.78 is 19.5. The maximum Gasteiger partial charge on any atom is 0.258 e. The molecule has 0 saturated carbocycles. The second-order valence-corrected chi connectivity index (χ2v) is 6.59. The van der Waals surface area contributed by atoms with Crippen molar-refractivity contribution in [2.75, 3.05) is 32.8 Å². The van der Waals surface area contributed by atoms with Crippen LogP contribution in [0.4, 0.5) is 4.39 Å². The molecular formula is C20H20ClFN2O3. The summed E-state index contributed by atoms with van der Waals surface area (Å²) in [6.07, 6.45) is 0.266. The number of hydrogen-bond acceptors (Lipinski definition) is 3. The number of benzene rings is 2. The highest BCUT2D eigenvalue weighted by Crippen LogP contribution is 2.21. The Morgan fingerprint density at radius 2 is 1.63 bits per heavy atom. The fourth-order valence-corrected chi connectivity index (χ4v) is 3.19. The van der Waals surface area contributed by atoms with Gasteiger partial charge in [-0.2, -0.15) is 0 Å². The lowest BCUT2D eigenvalue weighted by Gasteiger charge is -2.35. The SMILES string of the molecule is O=C(CCOc1ccccc1)N1CCN(C(=O)c2c(F)cccc2Cl)CC1. The highest BCUT2D eigenvalue weighted by Gasteiger charge is 2.27. The molecule has 0 aliphatic carbocycles. The monoisotopic (exact) mass is 390 g/mol. The molecule has 5 nitrogen and oxygen atoms in total. The first-order valence-corrected chi connectivity index (χ1v) is 9.13. The van der Waals surface area contributed by atoms with Crippen molar-refractivity contribution in [3.05, 3.63) is 64.9 Å². The third kappa shape index (κ3) is 4.77. The lowest BCUT2D eigenvalue weighted by atomic mass is 10.1. The van der Waals surface area contributed by atoms with Gasteiger partial charge >= 0.3 is 0 Å². The van der Waals surface area contributed by atoms with E-state index in [1.54, 1.807) is 4.90 Å². The van der Waals surface area contributed by atoms with Crippen molar-refractivity contribution < 1.29 is 18.7 Å².